The third kappa shape index (κ3) is 5.66. The first-order valence-corrected chi connectivity index (χ1v) is 7.38. The van der Waals surface area contributed by atoms with Crippen molar-refractivity contribution in [3.8, 4) is 0 Å². The second-order valence-corrected chi connectivity index (χ2v) is 5.82. The molecule has 0 saturated carbocycles. The van der Waals surface area contributed by atoms with E-state index in [0.717, 1.165) is 5.56 Å². The van der Waals surface area contributed by atoms with Crippen LogP contribution in [0.15, 0.2) is 30.3 Å². The number of halogens is 1. The molecule has 1 aliphatic heterocycles. The van der Waals surface area contributed by atoms with Gasteiger partial charge in [0, 0.05) is 44.4 Å². The fraction of sp³-hybridized carbons (Fsp3) is 0.500. The number of benzene rings is 1. The molecule has 1 aliphatic rings. The predicted molar refractivity (Wildman–Crippen MR) is 88.5 cm³/mol. The molecule has 1 heterocycles. The molecule has 1 fully saturated rings. The third-order valence-corrected chi connectivity index (χ3v) is 3.61. The molecule has 0 aromatic heterocycles. The first-order chi connectivity index (χ1) is 10.0. The molecule has 1 aromatic rings. The maximum absolute atomic E-state index is 12.0. The summed E-state index contributed by atoms with van der Waals surface area (Å²) in [7, 11) is 0. The normalized spacial score (nSPS) is 18.7. The van der Waals surface area contributed by atoms with Crippen molar-refractivity contribution in [2.45, 2.75) is 32.4 Å². The zero-order valence-corrected chi connectivity index (χ0v) is 13.6. The largest absolute Gasteiger partial charge is 0.356 e. The molecule has 0 radical (unpaired) electrons. The Morgan fingerprint density at radius 1 is 1.41 bits per heavy atom. The first-order valence-electron chi connectivity index (χ1n) is 7.38. The molecule has 5 nitrogen and oxygen atoms in total. The Hall–Kier alpha value is -1.59. The molecule has 22 heavy (non-hydrogen) atoms. The Morgan fingerprint density at radius 3 is 2.73 bits per heavy atom. The monoisotopic (exact) mass is 325 g/mol. The average Bonchev–Trinajstić information content (AvgIpc) is 2.77. The van der Waals surface area contributed by atoms with Gasteiger partial charge < -0.3 is 16.0 Å². The highest BCUT2D eigenvalue weighted by molar-refractivity contribution is 5.85. The van der Waals surface area contributed by atoms with E-state index < -0.39 is 0 Å². The van der Waals surface area contributed by atoms with E-state index in [1.54, 1.807) is 6.92 Å². The van der Waals surface area contributed by atoms with Gasteiger partial charge >= 0.3 is 0 Å². The van der Waals surface area contributed by atoms with Gasteiger partial charge in [0.05, 0.1) is 0 Å². The lowest BCUT2D eigenvalue weighted by Gasteiger charge is -2.17. The van der Waals surface area contributed by atoms with Gasteiger partial charge in [-0.25, -0.2) is 0 Å². The van der Waals surface area contributed by atoms with E-state index in [0.29, 0.717) is 32.5 Å². The van der Waals surface area contributed by atoms with Crippen LogP contribution in [-0.4, -0.2) is 35.8 Å². The van der Waals surface area contributed by atoms with Crippen molar-refractivity contribution in [2.24, 2.45) is 11.7 Å². The Bertz CT molecular complexity index is 493. The van der Waals surface area contributed by atoms with Crippen LogP contribution < -0.4 is 11.1 Å². The van der Waals surface area contributed by atoms with E-state index in [2.05, 4.69) is 5.32 Å². The minimum atomic E-state index is -0.134. The van der Waals surface area contributed by atoms with Gasteiger partial charge in [0.2, 0.25) is 11.8 Å². The third-order valence-electron chi connectivity index (χ3n) is 3.61. The lowest BCUT2D eigenvalue weighted by atomic mass is 10.1. The number of nitrogens with zero attached hydrogens (tertiary/aromatic N) is 1. The van der Waals surface area contributed by atoms with Crippen LogP contribution in [-0.2, 0) is 16.1 Å². The summed E-state index contributed by atoms with van der Waals surface area (Å²) in [4.78, 5) is 25.4. The van der Waals surface area contributed by atoms with E-state index in [1.807, 2.05) is 35.2 Å². The summed E-state index contributed by atoms with van der Waals surface area (Å²) in [5.41, 5.74) is 6.72. The van der Waals surface area contributed by atoms with E-state index >= 15 is 0 Å². The number of hydrogen-bond donors (Lipinski definition) is 2. The topological polar surface area (TPSA) is 75.4 Å². The standard InChI is InChI=1S/C16H23N3O2.ClH/c1-12(17)7-15(20)18-9-14-8-16(21)19(11-14)10-13-5-3-2-4-6-13;/h2-6,12,14H,7-11,17H2,1H3,(H,18,20);1H. The molecule has 2 rings (SSSR count). The molecule has 2 amide bonds. The van der Waals surface area contributed by atoms with Gasteiger partial charge in [-0.05, 0) is 12.5 Å². The molecular formula is C16H24ClN3O2. The van der Waals surface area contributed by atoms with Gasteiger partial charge in [-0.3, -0.25) is 9.59 Å². The summed E-state index contributed by atoms with van der Waals surface area (Å²) in [6.45, 7) is 3.69. The van der Waals surface area contributed by atoms with Crippen LogP contribution in [0.3, 0.4) is 0 Å². The summed E-state index contributed by atoms with van der Waals surface area (Å²) in [5.74, 6) is 0.308. The Morgan fingerprint density at radius 2 is 2.09 bits per heavy atom. The number of amides is 2. The summed E-state index contributed by atoms with van der Waals surface area (Å²) in [5, 5.41) is 2.86. The fourth-order valence-corrected chi connectivity index (χ4v) is 2.57. The highest BCUT2D eigenvalue weighted by atomic mass is 35.5. The van der Waals surface area contributed by atoms with Crippen molar-refractivity contribution in [3.05, 3.63) is 35.9 Å². The lowest BCUT2D eigenvalue weighted by molar-refractivity contribution is -0.128. The van der Waals surface area contributed by atoms with Gasteiger partial charge in [-0.1, -0.05) is 30.3 Å². The molecule has 0 spiro atoms. The molecule has 0 aliphatic carbocycles. The zero-order valence-electron chi connectivity index (χ0n) is 12.8. The van der Waals surface area contributed by atoms with Crippen LogP contribution in [0.25, 0.3) is 0 Å². The summed E-state index contributed by atoms with van der Waals surface area (Å²) in [6, 6.07) is 9.82. The van der Waals surface area contributed by atoms with Crippen molar-refractivity contribution in [1.82, 2.24) is 10.2 Å². The summed E-state index contributed by atoms with van der Waals surface area (Å²) >= 11 is 0. The van der Waals surface area contributed by atoms with Crippen LogP contribution in [0.2, 0.25) is 0 Å². The lowest BCUT2D eigenvalue weighted by Crippen LogP contribution is -2.34. The maximum Gasteiger partial charge on any atom is 0.223 e. The van der Waals surface area contributed by atoms with E-state index in [-0.39, 0.29) is 36.2 Å². The molecule has 1 aromatic carbocycles. The molecular weight excluding hydrogens is 302 g/mol. The number of carbonyl (C=O) groups excluding carboxylic acids is 2. The Kier molecular flexibility index (Phi) is 7.35. The molecule has 3 N–H and O–H groups in total. The average molecular weight is 326 g/mol. The minimum absolute atomic E-state index is 0. The molecule has 122 valence electrons. The van der Waals surface area contributed by atoms with E-state index in [1.165, 1.54) is 0 Å². The minimum Gasteiger partial charge on any atom is -0.356 e. The molecule has 6 heteroatoms. The second-order valence-electron chi connectivity index (χ2n) is 5.82. The van der Waals surface area contributed by atoms with Crippen LogP contribution >= 0.6 is 12.4 Å². The molecule has 0 bridgehead atoms. The number of nitrogens with two attached hydrogens (primary N) is 1. The van der Waals surface area contributed by atoms with Crippen LogP contribution in [0.4, 0.5) is 0 Å². The summed E-state index contributed by atoms with van der Waals surface area (Å²) < 4.78 is 0. The van der Waals surface area contributed by atoms with Gasteiger partial charge in [0.1, 0.15) is 0 Å². The second kappa shape index (κ2) is 8.76. The Balaban J connectivity index is 0.00000242. The fourth-order valence-electron chi connectivity index (χ4n) is 2.57. The highest BCUT2D eigenvalue weighted by Crippen LogP contribution is 2.19. The molecule has 1 saturated heterocycles. The van der Waals surface area contributed by atoms with Crippen molar-refractivity contribution in [2.75, 3.05) is 13.1 Å². The van der Waals surface area contributed by atoms with Crippen LogP contribution in [0.5, 0.6) is 0 Å². The highest BCUT2D eigenvalue weighted by Gasteiger charge is 2.29. The SMILES string of the molecule is CC(N)CC(=O)NCC1CC(=O)N(Cc2ccccc2)C1.Cl. The summed E-state index contributed by atoms with van der Waals surface area (Å²) in [6.07, 6.45) is 0.833. The van der Waals surface area contributed by atoms with Gasteiger partial charge in [0.15, 0.2) is 0 Å². The van der Waals surface area contributed by atoms with Crippen molar-refractivity contribution in [1.29, 1.82) is 0 Å². The van der Waals surface area contributed by atoms with Crippen molar-refractivity contribution >= 4 is 24.2 Å². The molecule has 2 unspecified atom stereocenters. The maximum atomic E-state index is 12.0. The van der Waals surface area contributed by atoms with Crippen LogP contribution in [0, 0.1) is 5.92 Å². The van der Waals surface area contributed by atoms with E-state index in [9.17, 15) is 9.59 Å². The van der Waals surface area contributed by atoms with Crippen molar-refractivity contribution in [3.63, 3.8) is 0 Å². The number of carbonyl (C=O) groups is 2. The smallest absolute Gasteiger partial charge is 0.223 e. The van der Waals surface area contributed by atoms with E-state index in [4.69, 9.17) is 5.73 Å². The van der Waals surface area contributed by atoms with Gasteiger partial charge in [0.25, 0.3) is 0 Å². The number of nitrogens with one attached hydrogen (secondary N) is 1. The van der Waals surface area contributed by atoms with Crippen LogP contribution in [0.1, 0.15) is 25.3 Å². The molecule has 2 atom stereocenters. The van der Waals surface area contributed by atoms with Gasteiger partial charge in [-0.2, -0.15) is 0 Å². The number of likely N-dealkylation sites (tertiary alicyclic amines) is 1. The zero-order chi connectivity index (χ0) is 15.2. The quantitative estimate of drug-likeness (QED) is 0.828. The number of hydrogen-bond acceptors (Lipinski definition) is 3. The first kappa shape index (κ1) is 18.5. The Labute approximate surface area is 137 Å². The van der Waals surface area contributed by atoms with Crippen molar-refractivity contribution < 1.29 is 9.59 Å². The predicted octanol–water partition coefficient (Wildman–Crippen LogP) is 1.31. The number of rotatable bonds is 6. The van der Waals surface area contributed by atoms with Gasteiger partial charge in [-0.15, -0.1) is 12.4 Å².